The van der Waals surface area contributed by atoms with E-state index in [0.29, 0.717) is 0 Å². The van der Waals surface area contributed by atoms with Crippen LogP contribution >= 0.6 is 43.2 Å². The Balaban J connectivity index is 2.31. The Morgan fingerprint density at radius 3 is 2.24 bits per heavy atom. The fraction of sp³-hybridized carbons (Fsp3) is 0.412. The van der Waals surface area contributed by atoms with Gasteiger partial charge in [0.2, 0.25) is 0 Å². The molecule has 114 valence electrons. The largest absolute Gasteiger partial charge is 0.309 e. The van der Waals surface area contributed by atoms with Gasteiger partial charge in [0.1, 0.15) is 0 Å². The van der Waals surface area contributed by atoms with Gasteiger partial charge in [-0.25, -0.2) is 0 Å². The van der Waals surface area contributed by atoms with Crippen LogP contribution < -0.4 is 5.32 Å². The molecule has 1 aromatic heterocycles. The fourth-order valence-corrected chi connectivity index (χ4v) is 4.54. The second-order valence-electron chi connectivity index (χ2n) is 5.85. The summed E-state index contributed by atoms with van der Waals surface area (Å²) in [5, 5.41) is 3.42. The molecule has 2 rings (SSSR count). The second kappa shape index (κ2) is 6.95. The van der Waals surface area contributed by atoms with Gasteiger partial charge >= 0.3 is 0 Å². The van der Waals surface area contributed by atoms with Gasteiger partial charge in [-0.15, -0.1) is 11.3 Å². The number of halogens is 2. The maximum Gasteiger partial charge on any atom is 0.0843 e. The molecule has 1 nitrogen and oxygen atoms in total. The number of nitrogens with one attached hydrogen (secondary N) is 1. The summed E-state index contributed by atoms with van der Waals surface area (Å²) < 4.78 is 2.26. The van der Waals surface area contributed by atoms with Crippen LogP contribution in [0.1, 0.15) is 49.2 Å². The van der Waals surface area contributed by atoms with E-state index >= 15 is 0 Å². The first-order valence-corrected chi connectivity index (χ1v) is 9.51. The molecule has 0 saturated heterocycles. The van der Waals surface area contributed by atoms with Crippen molar-refractivity contribution in [1.82, 2.24) is 5.32 Å². The molecule has 0 aliphatic heterocycles. The van der Waals surface area contributed by atoms with Gasteiger partial charge in [0, 0.05) is 9.35 Å². The van der Waals surface area contributed by atoms with Crippen LogP contribution in [0.4, 0.5) is 0 Å². The standard InChI is InChI=1S/C17H21Br2NS/c1-5-17(2,3)12-8-6-11(7-9-12)15(20-4)14-10-13(18)16(19)21-14/h6-10,15,20H,5H2,1-4H3. The quantitative estimate of drug-likeness (QED) is 0.589. The fourth-order valence-electron chi connectivity index (χ4n) is 2.31. The highest BCUT2D eigenvalue weighted by molar-refractivity contribution is 9.13. The molecule has 4 heteroatoms. The lowest BCUT2D eigenvalue weighted by molar-refractivity contribution is 0.506. The molecule has 0 bridgehead atoms. The molecule has 1 unspecified atom stereocenters. The normalized spacial score (nSPS) is 13.4. The maximum atomic E-state index is 3.58. The van der Waals surface area contributed by atoms with Crippen LogP contribution in [-0.2, 0) is 5.41 Å². The summed E-state index contributed by atoms with van der Waals surface area (Å²) in [6.45, 7) is 6.83. The van der Waals surface area contributed by atoms with Crippen molar-refractivity contribution in [3.05, 3.63) is 54.6 Å². The van der Waals surface area contributed by atoms with Gasteiger partial charge < -0.3 is 5.32 Å². The smallest absolute Gasteiger partial charge is 0.0843 e. The Bertz CT molecular complexity index is 582. The van der Waals surface area contributed by atoms with Crippen LogP contribution in [0, 0.1) is 0 Å². The third kappa shape index (κ3) is 3.79. The molecule has 0 saturated carbocycles. The summed E-state index contributed by atoms with van der Waals surface area (Å²) in [5.41, 5.74) is 2.94. The minimum Gasteiger partial charge on any atom is -0.309 e. The Hall–Kier alpha value is -0.160. The average molecular weight is 431 g/mol. The molecule has 1 atom stereocenters. The first-order chi connectivity index (χ1) is 9.89. The third-order valence-corrected chi connectivity index (χ3v) is 7.47. The van der Waals surface area contributed by atoms with Crippen LogP contribution in [0.2, 0.25) is 0 Å². The Kier molecular flexibility index (Phi) is 5.69. The predicted molar refractivity (Wildman–Crippen MR) is 100 cm³/mol. The van der Waals surface area contributed by atoms with E-state index in [0.717, 1.165) is 14.7 Å². The van der Waals surface area contributed by atoms with Crippen LogP contribution in [-0.4, -0.2) is 7.05 Å². The third-order valence-electron chi connectivity index (χ3n) is 4.15. The molecule has 1 N–H and O–H groups in total. The van der Waals surface area contributed by atoms with E-state index in [1.807, 2.05) is 7.05 Å². The lowest BCUT2D eigenvalue weighted by Gasteiger charge is -2.24. The van der Waals surface area contributed by atoms with Crippen molar-refractivity contribution < 1.29 is 0 Å². The van der Waals surface area contributed by atoms with Crippen molar-refractivity contribution in [2.75, 3.05) is 7.05 Å². The average Bonchev–Trinajstić information content (AvgIpc) is 2.80. The number of rotatable bonds is 5. The topological polar surface area (TPSA) is 12.0 Å². The van der Waals surface area contributed by atoms with Gasteiger partial charge in [0.05, 0.1) is 9.83 Å². The lowest BCUT2D eigenvalue weighted by Crippen LogP contribution is -2.18. The molecule has 2 aromatic rings. The van der Waals surface area contributed by atoms with E-state index < -0.39 is 0 Å². The molecule has 0 amide bonds. The van der Waals surface area contributed by atoms with Crippen molar-refractivity contribution in [3.63, 3.8) is 0 Å². The number of benzene rings is 1. The van der Waals surface area contributed by atoms with Crippen molar-refractivity contribution in [1.29, 1.82) is 0 Å². The number of hydrogen-bond donors (Lipinski definition) is 1. The van der Waals surface area contributed by atoms with Crippen LogP contribution in [0.3, 0.4) is 0 Å². The summed E-state index contributed by atoms with van der Waals surface area (Å²) in [7, 11) is 2.01. The first-order valence-electron chi connectivity index (χ1n) is 7.11. The van der Waals surface area contributed by atoms with E-state index in [4.69, 9.17) is 0 Å². The molecule has 21 heavy (non-hydrogen) atoms. The first kappa shape index (κ1) is 17.2. The van der Waals surface area contributed by atoms with Crippen molar-refractivity contribution in [2.24, 2.45) is 0 Å². The molecule has 0 fully saturated rings. The highest BCUT2D eigenvalue weighted by Crippen LogP contribution is 2.38. The van der Waals surface area contributed by atoms with Crippen LogP contribution in [0.5, 0.6) is 0 Å². The second-order valence-corrected chi connectivity index (χ2v) is 9.11. The summed E-state index contributed by atoms with van der Waals surface area (Å²) in [4.78, 5) is 1.30. The SMILES string of the molecule is CCC(C)(C)c1ccc(C(NC)c2cc(Br)c(Br)s2)cc1. The van der Waals surface area contributed by atoms with Gasteiger partial charge in [0.25, 0.3) is 0 Å². The van der Waals surface area contributed by atoms with E-state index in [1.54, 1.807) is 11.3 Å². The van der Waals surface area contributed by atoms with Crippen molar-refractivity contribution in [2.45, 2.75) is 38.6 Å². The zero-order valence-electron chi connectivity index (χ0n) is 12.8. The van der Waals surface area contributed by atoms with E-state index in [2.05, 4.69) is 88.3 Å². The molecule has 1 heterocycles. The van der Waals surface area contributed by atoms with E-state index in [1.165, 1.54) is 16.0 Å². The molecule has 0 aliphatic carbocycles. The molecule has 1 aromatic carbocycles. The summed E-state index contributed by atoms with van der Waals surface area (Å²) in [5.74, 6) is 0. The van der Waals surface area contributed by atoms with Crippen molar-refractivity contribution >= 4 is 43.2 Å². The molecule has 0 radical (unpaired) electrons. The van der Waals surface area contributed by atoms with E-state index in [9.17, 15) is 0 Å². The van der Waals surface area contributed by atoms with Crippen LogP contribution in [0.25, 0.3) is 0 Å². The molecule has 0 spiro atoms. The minimum absolute atomic E-state index is 0.233. The number of thiophene rings is 1. The summed E-state index contributed by atoms with van der Waals surface area (Å²) in [6, 6.07) is 11.4. The minimum atomic E-state index is 0.233. The highest BCUT2D eigenvalue weighted by Gasteiger charge is 2.20. The van der Waals surface area contributed by atoms with Crippen LogP contribution in [0.15, 0.2) is 38.6 Å². The van der Waals surface area contributed by atoms with Gasteiger partial charge in [-0.1, -0.05) is 45.0 Å². The zero-order valence-corrected chi connectivity index (χ0v) is 16.8. The summed E-state index contributed by atoms with van der Waals surface area (Å²) >= 11 is 8.91. The molecular formula is C17H21Br2NS. The van der Waals surface area contributed by atoms with Gasteiger partial charge in [0.15, 0.2) is 0 Å². The predicted octanol–water partition coefficient (Wildman–Crippen LogP) is 6.27. The Labute approximate surface area is 148 Å². The lowest BCUT2D eigenvalue weighted by atomic mass is 9.82. The summed E-state index contributed by atoms with van der Waals surface area (Å²) in [6.07, 6.45) is 1.15. The maximum absolute atomic E-state index is 3.58. The number of hydrogen-bond acceptors (Lipinski definition) is 2. The highest BCUT2D eigenvalue weighted by atomic mass is 79.9. The van der Waals surface area contributed by atoms with Gasteiger partial charge in [-0.2, -0.15) is 0 Å². The van der Waals surface area contributed by atoms with Gasteiger partial charge in [-0.05, 0) is 67.9 Å². The van der Waals surface area contributed by atoms with E-state index in [-0.39, 0.29) is 11.5 Å². The monoisotopic (exact) mass is 429 g/mol. The van der Waals surface area contributed by atoms with Gasteiger partial charge in [-0.3, -0.25) is 0 Å². The molecular weight excluding hydrogens is 410 g/mol. The Morgan fingerprint density at radius 1 is 1.19 bits per heavy atom. The zero-order chi connectivity index (χ0) is 15.6. The Morgan fingerprint density at radius 2 is 1.81 bits per heavy atom. The van der Waals surface area contributed by atoms with Crippen molar-refractivity contribution in [3.8, 4) is 0 Å². The molecule has 0 aliphatic rings.